The Morgan fingerprint density at radius 3 is 2.89 bits per heavy atom. The molecule has 0 aromatic carbocycles. The molecule has 0 spiro atoms. The highest BCUT2D eigenvalue weighted by Gasteiger charge is 2.17. The van der Waals surface area contributed by atoms with E-state index < -0.39 is 0 Å². The van der Waals surface area contributed by atoms with E-state index in [1.165, 1.54) is 0 Å². The van der Waals surface area contributed by atoms with Crippen LogP contribution in [0.4, 0.5) is 17.5 Å². The Morgan fingerprint density at radius 1 is 1.32 bits per heavy atom. The topological polar surface area (TPSA) is 82.9 Å². The Hall–Kier alpha value is -2.08. The van der Waals surface area contributed by atoms with Gasteiger partial charge in [0.25, 0.3) is 0 Å². The lowest BCUT2D eigenvalue weighted by Gasteiger charge is -2.31. The average Bonchev–Trinajstić information content (AvgIpc) is 2.93. The number of nitrogens with two attached hydrogens (primary N) is 1. The molecule has 0 amide bonds. The van der Waals surface area contributed by atoms with Crippen LogP contribution < -0.4 is 16.0 Å². The van der Waals surface area contributed by atoms with E-state index in [1.807, 2.05) is 24.4 Å². The Kier molecular flexibility index (Phi) is 3.33. The van der Waals surface area contributed by atoms with Gasteiger partial charge in [-0.1, -0.05) is 0 Å². The van der Waals surface area contributed by atoms with Crippen molar-refractivity contribution in [2.45, 2.75) is 18.9 Å². The molecule has 6 heteroatoms. The Morgan fingerprint density at radius 2 is 2.16 bits per heavy atom. The Labute approximate surface area is 112 Å². The molecule has 1 aliphatic heterocycles. The zero-order valence-electron chi connectivity index (χ0n) is 10.7. The lowest BCUT2D eigenvalue weighted by atomic mass is 10.1. The molecule has 1 saturated heterocycles. The number of rotatable bonds is 3. The molecule has 3 heterocycles. The number of hydrogen-bond acceptors (Lipinski definition) is 5. The van der Waals surface area contributed by atoms with Gasteiger partial charge < -0.3 is 20.9 Å². The van der Waals surface area contributed by atoms with Crippen LogP contribution >= 0.6 is 0 Å². The van der Waals surface area contributed by atoms with Crippen LogP contribution in [0.3, 0.4) is 0 Å². The highest BCUT2D eigenvalue weighted by Crippen LogP contribution is 2.20. The van der Waals surface area contributed by atoms with Crippen molar-refractivity contribution in [3.63, 3.8) is 0 Å². The van der Waals surface area contributed by atoms with Crippen molar-refractivity contribution in [3.05, 3.63) is 30.7 Å². The van der Waals surface area contributed by atoms with E-state index in [-0.39, 0.29) is 0 Å². The van der Waals surface area contributed by atoms with E-state index in [1.54, 1.807) is 6.33 Å². The molecule has 0 atom stereocenters. The summed E-state index contributed by atoms with van der Waals surface area (Å²) >= 11 is 0. The van der Waals surface area contributed by atoms with Crippen LogP contribution in [0.15, 0.2) is 30.7 Å². The summed E-state index contributed by atoms with van der Waals surface area (Å²) < 4.78 is 0. The van der Waals surface area contributed by atoms with Crippen LogP contribution in [-0.2, 0) is 0 Å². The maximum absolute atomic E-state index is 5.92. The smallest absolute Gasteiger partial charge is 0.136 e. The van der Waals surface area contributed by atoms with Crippen molar-refractivity contribution in [3.8, 4) is 0 Å². The first kappa shape index (κ1) is 12.0. The molecule has 0 bridgehead atoms. The van der Waals surface area contributed by atoms with Crippen molar-refractivity contribution < 1.29 is 0 Å². The standard InChI is InChI=1S/C13H18N6/c14-10-3-6-19(7-4-10)13-8-12(16-9-17-13)18-11-2-1-5-15-11/h1-2,5,8-10,15H,3-4,6-7,14H2,(H,16,17,18). The largest absolute Gasteiger partial charge is 0.356 e. The fourth-order valence-corrected chi connectivity index (χ4v) is 2.26. The van der Waals surface area contributed by atoms with E-state index in [0.29, 0.717) is 6.04 Å². The van der Waals surface area contributed by atoms with Crippen LogP contribution in [0, 0.1) is 0 Å². The predicted octanol–water partition coefficient (Wildman–Crippen LogP) is 1.48. The molecule has 2 aromatic rings. The van der Waals surface area contributed by atoms with Gasteiger partial charge in [0.15, 0.2) is 0 Å². The summed E-state index contributed by atoms with van der Waals surface area (Å²) in [5, 5.41) is 3.21. The molecular weight excluding hydrogens is 240 g/mol. The summed E-state index contributed by atoms with van der Waals surface area (Å²) in [5.41, 5.74) is 5.92. The molecule has 2 aromatic heterocycles. The van der Waals surface area contributed by atoms with Crippen molar-refractivity contribution in [2.75, 3.05) is 23.3 Å². The second kappa shape index (κ2) is 5.27. The van der Waals surface area contributed by atoms with Gasteiger partial charge in [-0.25, -0.2) is 9.97 Å². The summed E-state index contributed by atoms with van der Waals surface area (Å²) in [7, 11) is 0. The number of nitrogens with one attached hydrogen (secondary N) is 2. The van der Waals surface area contributed by atoms with Crippen LogP contribution in [0.2, 0.25) is 0 Å². The molecule has 100 valence electrons. The monoisotopic (exact) mass is 258 g/mol. The van der Waals surface area contributed by atoms with E-state index in [0.717, 1.165) is 43.4 Å². The highest BCUT2D eigenvalue weighted by atomic mass is 15.2. The first-order valence-corrected chi connectivity index (χ1v) is 6.54. The molecule has 1 aliphatic rings. The van der Waals surface area contributed by atoms with E-state index >= 15 is 0 Å². The van der Waals surface area contributed by atoms with Crippen molar-refractivity contribution in [2.24, 2.45) is 5.73 Å². The minimum Gasteiger partial charge on any atom is -0.356 e. The van der Waals surface area contributed by atoms with Gasteiger partial charge in [0.2, 0.25) is 0 Å². The fraction of sp³-hybridized carbons (Fsp3) is 0.385. The second-order valence-corrected chi connectivity index (χ2v) is 4.79. The third kappa shape index (κ3) is 2.85. The maximum atomic E-state index is 5.92. The molecule has 19 heavy (non-hydrogen) atoms. The van der Waals surface area contributed by atoms with Crippen molar-refractivity contribution in [1.29, 1.82) is 0 Å². The Balaban J connectivity index is 1.72. The lowest BCUT2D eigenvalue weighted by Crippen LogP contribution is -2.40. The molecule has 0 radical (unpaired) electrons. The number of H-pyrrole nitrogens is 1. The summed E-state index contributed by atoms with van der Waals surface area (Å²) in [5.74, 6) is 2.67. The molecular formula is C13H18N6. The number of anilines is 3. The third-order valence-corrected chi connectivity index (χ3v) is 3.38. The Bertz CT molecular complexity index is 516. The van der Waals surface area contributed by atoms with E-state index in [4.69, 9.17) is 5.73 Å². The van der Waals surface area contributed by atoms with Crippen LogP contribution in [0.5, 0.6) is 0 Å². The van der Waals surface area contributed by atoms with Gasteiger partial charge in [-0.3, -0.25) is 0 Å². The summed E-state index contributed by atoms with van der Waals surface area (Å²) in [6, 6.07) is 6.20. The first-order valence-electron chi connectivity index (χ1n) is 6.54. The first-order chi connectivity index (χ1) is 9.31. The number of hydrogen-bond donors (Lipinski definition) is 3. The zero-order valence-corrected chi connectivity index (χ0v) is 10.7. The molecule has 0 unspecified atom stereocenters. The fourth-order valence-electron chi connectivity index (χ4n) is 2.26. The van der Waals surface area contributed by atoms with Gasteiger partial charge in [0, 0.05) is 31.4 Å². The van der Waals surface area contributed by atoms with E-state index in [2.05, 4.69) is 25.2 Å². The summed E-state index contributed by atoms with van der Waals surface area (Å²) in [4.78, 5) is 13.9. The van der Waals surface area contributed by atoms with Gasteiger partial charge in [-0.2, -0.15) is 0 Å². The van der Waals surface area contributed by atoms with Gasteiger partial charge in [-0.15, -0.1) is 0 Å². The molecule has 6 nitrogen and oxygen atoms in total. The van der Waals surface area contributed by atoms with Crippen LogP contribution in [0.1, 0.15) is 12.8 Å². The van der Waals surface area contributed by atoms with Crippen LogP contribution in [-0.4, -0.2) is 34.1 Å². The van der Waals surface area contributed by atoms with Gasteiger partial charge in [0.1, 0.15) is 23.8 Å². The zero-order chi connectivity index (χ0) is 13.1. The number of nitrogens with zero attached hydrogens (tertiary/aromatic N) is 3. The van der Waals surface area contributed by atoms with E-state index in [9.17, 15) is 0 Å². The second-order valence-electron chi connectivity index (χ2n) is 4.79. The average molecular weight is 258 g/mol. The van der Waals surface area contributed by atoms with Gasteiger partial charge >= 0.3 is 0 Å². The number of piperidine rings is 1. The summed E-state index contributed by atoms with van der Waals surface area (Å²) in [6.45, 7) is 1.92. The van der Waals surface area contributed by atoms with Crippen molar-refractivity contribution in [1.82, 2.24) is 15.0 Å². The molecule has 0 aliphatic carbocycles. The third-order valence-electron chi connectivity index (χ3n) is 3.38. The van der Waals surface area contributed by atoms with Crippen molar-refractivity contribution >= 4 is 17.5 Å². The maximum Gasteiger partial charge on any atom is 0.136 e. The predicted molar refractivity (Wildman–Crippen MR) is 75.5 cm³/mol. The minimum absolute atomic E-state index is 0.328. The highest BCUT2D eigenvalue weighted by molar-refractivity contribution is 5.56. The summed E-state index contributed by atoms with van der Waals surface area (Å²) in [6.07, 6.45) is 5.50. The number of aromatic amines is 1. The van der Waals surface area contributed by atoms with Gasteiger partial charge in [0.05, 0.1) is 0 Å². The molecule has 0 saturated carbocycles. The molecule has 3 rings (SSSR count). The lowest BCUT2D eigenvalue weighted by molar-refractivity contribution is 0.498. The molecule has 1 fully saturated rings. The SMILES string of the molecule is NC1CCN(c2cc(Nc3ccc[nH]3)ncn2)CC1. The van der Waals surface area contributed by atoms with Gasteiger partial charge in [-0.05, 0) is 25.0 Å². The molecule has 4 N–H and O–H groups in total. The normalized spacial score (nSPS) is 16.6. The quantitative estimate of drug-likeness (QED) is 0.776. The minimum atomic E-state index is 0.328. The van der Waals surface area contributed by atoms with Crippen LogP contribution in [0.25, 0.3) is 0 Å². The number of aromatic nitrogens is 3.